The molecule has 0 amide bonds. The Labute approximate surface area is 65.2 Å². The van der Waals surface area contributed by atoms with Crippen LogP contribution in [0.4, 0.5) is 0 Å². The van der Waals surface area contributed by atoms with Gasteiger partial charge in [0.05, 0.1) is 5.54 Å². The molecule has 62 valence electrons. The lowest BCUT2D eigenvalue weighted by molar-refractivity contribution is -0.119. The van der Waals surface area contributed by atoms with Crippen LogP contribution in [0.3, 0.4) is 0 Å². The van der Waals surface area contributed by atoms with Crippen LogP contribution in [0.2, 0.25) is 0 Å². The first-order chi connectivity index (χ1) is 4.99. The maximum Gasteiger partial charge on any atom is 0.221 e. The van der Waals surface area contributed by atoms with Gasteiger partial charge in [-0.2, -0.15) is 4.31 Å². The minimum absolute atomic E-state index is 0.125. The van der Waals surface area contributed by atoms with Crippen molar-refractivity contribution in [3.63, 3.8) is 0 Å². The number of sulfonamides is 1. The van der Waals surface area contributed by atoms with E-state index in [-0.39, 0.29) is 11.5 Å². The number of hydrogen-bond donors (Lipinski definition) is 0. The van der Waals surface area contributed by atoms with E-state index in [0.29, 0.717) is 12.8 Å². The lowest BCUT2D eigenvalue weighted by Gasteiger charge is -2.13. The Morgan fingerprint density at radius 1 is 1.45 bits per heavy atom. The summed E-state index contributed by atoms with van der Waals surface area (Å²) in [5.41, 5.74) is -0.598. The summed E-state index contributed by atoms with van der Waals surface area (Å²) in [7, 11) is -1.74. The van der Waals surface area contributed by atoms with Crippen LogP contribution >= 0.6 is 0 Å². The van der Waals surface area contributed by atoms with Gasteiger partial charge < -0.3 is 0 Å². The van der Waals surface area contributed by atoms with E-state index in [9.17, 15) is 13.2 Å². The van der Waals surface area contributed by atoms with Crippen LogP contribution in [0, 0.1) is 0 Å². The Bertz CT molecular complexity index is 315. The largest absolute Gasteiger partial charge is 0.296 e. The predicted octanol–water partition coefficient (Wildman–Crippen LogP) is -0.637. The first kappa shape index (κ1) is 7.24. The molecule has 0 atom stereocenters. The monoisotopic (exact) mass is 175 g/mol. The van der Waals surface area contributed by atoms with Gasteiger partial charge in [-0.15, -0.1) is 0 Å². The Morgan fingerprint density at radius 3 is 2.18 bits per heavy atom. The molecule has 0 radical (unpaired) electrons. The molecule has 1 spiro atoms. The second-order valence-electron chi connectivity index (χ2n) is 3.18. The molecule has 1 saturated heterocycles. The molecule has 1 heterocycles. The fraction of sp³-hybridized carbons (Fsp3) is 0.833. The molecule has 4 nitrogen and oxygen atoms in total. The Balaban J connectivity index is 2.49. The van der Waals surface area contributed by atoms with Crippen molar-refractivity contribution in [3.8, 4) is 0 Å². The number of carbonyl (C=O) groups is 1. The van der Waals surface area contributed by atoms with E-state index in [4.69, 9.17) is 0 Å². The fourth-order valence-corrected chi connectivity index (χ4v) is 3.16. The highest BCUT2D eigenvalue weighted by atomic mass is 32.2. The van der Waals surface area contributed by atoms with Crippen LogP contribution in [-0.2, 0) is 14.8 Å². The van der Waals surface area contributed by atoms with E-state index >= 15 is 0 Å². The molecule has 0 bridgehead atoms. The van der Waals surface area contributed by atoms with Crippen molar-refractivity contribution < 1.29 is 13.2 Å². The molecular weight excluding hydrogens is 166 g/mol. The molecule has 0 N–H and O–H groups in total. The minimum atomic E-state index is -3.24. The average molecular weight is 175 g/mol. The topological polar surface area (TPSA) is 54.5 Å². The quantitative estimate of drug-likeness (QED) is 0.492. The molecule has 2 fully saturated rings. The molecule has 0 unspecified atom stereocenters. The highest BCUT2D eigenvalue weighted by Crippen LogP contribution is 2.47. The van der Waals surface area contributed by atoms with Gasteiger partial charge in [0.25, 0.3) is 0 Å². The highest BCUT2D eigenvalue weighted by molar-refractivity contribution is 7.90. The summed E-state index contributed by atoms with van der Waals surface area (Å²) in [6.07, 6.45) is 1.42. The predicted molar refractivity (Wildman–Crippen MR) is 38.5 cm³/mol. The Morgan fingerprint density at radius 2 is 2.00 bits per heavy atom. The second kappa shape index (κ2) is 1.67. The van der Waals surface area contributed by atoms with Crippen molar-refractivity contribution >= 4 is 15.8 Å². The fourth-order valence-electron chi connectivity index (χ4n) is 1.55. The maximum absolute atomic E-state index is 11.2. The van der Waals surface area contributed by atoms with Gasteiger partial charge in [-0.25, -0.2) is 8.42 Å². The van der Waals surface area contributed by atoms with E-state index < -0.39 is 15.6 Å². The van der Waals surface area contributed by atoms with Gasteiger partial charge in [0.15, 0.2) is 5.78 Å². The number of rotatable bonds is 0. The van der Waals surface area contributed by atoms with Gasteiger partial charge in [0.1, 0.15) is 5.75 Å². The molecule has 1 aliphatic carbocycles. The molecule has 2 rings (SSSR count). The normalized spacial score (nSPS) is 33.0. The van der Waals surface area contributed by atoms with Crippen molar-refractivity contribution in [2.75, 3.05) is 12.8 Å². The van der Waals surface area contributed by atoms with Crippen molar-refractivity contribution in [3.05, 3.63) is 0 Å². The molecule has 0 aromatic heterocycles. The van der Waals surface area contributed by atoms with Crippen LogP contribution in [0.1, 0.15) is 12.8 Å². The van der Waals surface area contributed by atoms with E-state index in [2.05, 4.69) is 0 Å². The third kappa shape index (κ3) is 0.724. The lowest BCUT2D eigenvalue weighted by atomic mass is 10.2. The SMILES string of the molecule is CN1C2(CC2)C(=O)CS1(=O)=O. The summed E-state index contributed by atoms with van der Waals surface area (Å²) < 4.78 is 23.5. The van der Waals surface area contributed by atoms with Gasteiger partial charge >= 0.3 is 0 Å². The Hall–Kier alpha value is -0.420. The van der Waals surface area contributed by atoms with Crippen molar-refractivity contribution in [2.24, 2.45) is 0 Å². The van der Waals surface area contributed by atoms with Gasteiger partial charge in [0, 0.05) is 7.05 Å². The summed E-state index contributed by atoms with van der Waals surface area (Å²) in [6, 6.07) is 0. The van der Waals surface area contributed by atoms with Gasteiger partial charge in [0.2, 0.25) is 10.0 Å². The molecular formula is C6H9NO3S. The van der Waals surface area contributed by atoms with E-state index in [1.807, 2.05) is 0 Å². The van der Waals surface area contributed by atoms with E-state index in [0.717, 1.165) is 0 Å². The third-order valence-corrected chi connectivity index (χ3v) is 4.39. The lowest BCUT2D eigenvalue weighted by Crippen LogP contribution is -2.33. The third-order valence-electron chi connectivity index (χ3n) is 2.58. The molecule has 1 saturated carbocycles. The minimum Gasteiger partial charge on any atom is -0.296 e. The zero-order valence-corrected chi connectivity index (χ0v) is 7.02. The van der Waals surface area contributed by atoms with Crippen LogP contribution in [0.25, 0.3) is 0 Å². The summed E-state index contributed by atoms with van der Waals surface area (Å²) in [4.78, 5) is 11.2. The van der Waals surface area contributed by atoms with Crippen LogP contribution in [-0.4, -0.2) is 36.8 Å². The average Bonchev–Trinajstić information content (AvgIpc) is 2.61. The van der Waals surface area contributed by atoms with Crippen LogP contribution in [0.5, 0.6) is 0 Å². The van der Waals surface area contributed by atoms with Crippen LogP contribution in [0.15, 0.2) is 0 Å². The summed E-state index contributed by atoms with van der Waals surface area (Å²) in [5.74, 6) is -0.413. The number of nitrogens with zero attached hydrogens (tertiary/aromatic N) is 1. The first-order valence-corrected chi connectivity index (χ1v) is 5.10. The summed E-state index contributed by atoms with van der Waals surface area (Å²) in [6.45, 7) is 0. The smallest absolute Gasteiger partial charge is 0.221 e. The van der Waals surface area contributed by atoms with Crippen molar-refractivity contribution in [1.29, 1.82) is 0 Å². The molecule has 11 heavy (non-hydrogen) atoms. The zero-order chi connectivity index (χ0) is 8.28. The van der Waals surface area contributed by atoms with Crippen molar-refractivity contribution in [1.82, 2.24) is 4.31 Å². The standard InChI is InChI=1S/C6H9NO3S/c1-7-6(2-3-6)5(8)4-11(7,9)10/h2-4H2,1H3. The van der Waals surface area contributed by atoms with E-state index in [1.54, 1.807) is 0 Å². The number of likely N-dealkylation sites (N-methyl/N-ethyl adjacent to an activating group) is 1. The zero-order valence-electron chi connectivity index (χ0n) is 6.20. The molecule has 1 aliphatic heterocycles. The number of carbonyl (C=O) groups excluding carboxylic acids is 1. The second-order valence-corrected chi connectivity index (χ2v) is 5.18. The highest BCUT2D eigenvalue weighted by Gasteiger charge is 2.62. The number of Topliss-reactive ketones (excluding diaryl/α,β-unsaturated/α-hetero) is 1. The van der Waals surface area contributed by atoms with Gasteiger partial charge in [-0.1, -0.05) is 0 Å². The van der Waals surface area contributed by atoms with Crippen molar-refractivity contribution in [2.45, 2.75) is 18.4 Å². The summed E-state index contributed by atoms with van der Waals surface area (Å²) >= 11 is 0. The maximum atomic E-state index is 11.2. The number of hydrogen-bond acceptors (Lipinski definition) is 3. The molecule has 0 aromatic rings. The van der Waals surface area contributed by atoms with Gasteiger partial charge in [-0.05, 0) is 12.8 Å². The first-order valence-electron chi connectivity index (χ1n) is 3.49. The number of ketones is 1. The van der Waals surface area contributed by atoms with E-state index in [1.165, 1.54) is 11.4 Å². The molecule has 5 heteroatoms. The molecule has 2 aliphatic rings. The van der Waals surface area contributed by atoms with Gasteiger partial charge in [-0.3, -0.25) is 4.79 Å². The Kier molecular flexibility index (Phi) is 1.10. The summed E-state index contributed by atoms with van der Waals surface area (Å²) in [5, 5.41) is 0. The van der Waals surface area contributed by atoms with Crippen LogP contribution < -0.4 is 0 Å². The molecule has 0 aromatic carbocycles.